The Labute approximate surface area is 127 Å². The van der Waals surface area contributed by atoms with Crippen LogP contribution in [0.3, 0.4) is 0 Å². The maximum atomic E-state index is 12.5. The zero-order chi connectivity index (χ0) is 15.5. The van der Waals surface area contributed by atoms with Crippen LogP contribution in [0.5, 0.6) is 5.75 Å². The predicted molar refractivity (Wildman–Crippen MR) is 82.1 cm³/mol. The molecule has 0 fully saturated rings. The maximum Gasteiger partial charge on any atom is 0.259 e. The number of ether oxygens (including phenoxy) is 1. The van der Waals surface area contributed by atoms with Gasteiger partial charge in [-0.3, -0.25) is 9.78 Å². The van der Waals surface area contributed by atoms with E-state index >= 15 is 0 Å². The number of carbonyl (C=O) groups is 1. The molecule has 0 saturated carbocycles. The summed E-state index contributed by atoms with van der Waals surface area (Å²) in [5.74, 6) is 0.883. The van der Waals surface area contributed by atoms with Gasteiger partial charge in [0.15, 0.2) is 17.0 Å². The van der Waals surface area contributed by atoms with Crippen LogP contribution in [0.25, 0.3) is 11.1 Å². The Bertz CT molecular complexity index is 812. The molecular formula is C16H15N3O3. The molecule has 6 heteroatoms. The molecule has 2 heterocycles. The zero-order valence-electron chi connectivity index (χ0n) is 12.3. The lowest BCUT2D eigenvalue weighted by Crippen LogP contribution is -2.12. The van der Waals surface area contributed by atoms with Crippen LogP contribution < -0.4 is 10.1 Å². The van der Waals surface area contributed by atoms with E-state index in [0.29, 0.717) is 40.4 Å². The molecule has 3 aromatic rings. The Morgan fingerprint density at radius 1 is 1.27 bits per heavy atom. The summed E-state index contributed by atoms with van der Waals surface area (Å²) in [6.45, 7) is 1.94. The quantitative estimate of drug-likeness (QED) is 0.801. The second-order valence-electron chi connectivity index (χ2n) is 4.64. The minimum absolute atomic E-state index is 0.266. The van der Waals surface area contributed by atoms with E-state index in [0.717, 1.165) is 0 Å². The SMILES string of the molecule is CCc1nc2c(OC)ccc(C(=O)Nc3ccncc3)c2o1. The Balaban J connectivity index is 2.03. The number of anilines is 1. The molecule has 0 aliphatic rings. The fraction of sp³-hybridized carbons (Fsp3) is 0.188. The largest absolute Gasteiger partial charge is 0.494 e. The highest BCUT2D eigenvalue weighted by molar-refractivity contribution is 6.11. The number of nitrogens with one attached hydrogen (secondary N) is 1. The number of aromatic nitrogens is 2. The van der Waals surface area contributed by atoms with Gasteiger partial charge >= 0.3 is 0 Å². The van der Waals surface area contributed by atoms with Crippen LogP contribution in [0.15, 0.2) is 41.1 Å². The molecule has 0 unspecified atom stereocenters. The van der Waals surface area contributed by atoms with Gasteiger partial charge in [-0.15, -0.1) is 0 Å². The Hall–Kier alpha value is -2.89. The Morgan fingerprint density at radius 3 is 2.73 bits per heavy atom. The van der Waals surface area contributed by atoms with Crippen molar-refractivity contribution in [1.29, 1.82) is 0 Å². The van der Waals surface area contributed by atoms with Crippen LogP contribution in [0, 0.1) is 0 Å². The molecule has 3 rings (SSSR count). The van der Waals surface area contributed by atoms with Gasteiger partial charge in [0, 0.05) is 24.5 Å². The number of carbonyl (C=O) groups excluding carboxylic acids is 1. The molecule has 2 aromatic heterocycles. The Morgan fingerprint density at radius 2 is 2.05 bits per heavy atom. The van der Waals surface area contributed by atoms with Crippen molar-refractivity contribution in [3.8, 4) is 5.75 Å². The number of pyridine rings is 1. The van der Waals surface area contributed by atoms with E-state index in [2.05, 4.69) is 15.3 Å². The van der Waals surface area contributed by atoms with Gasteiger partial charge in [-0.1, -0.05) is 6.92 Å². The van der Waals surface area contributed by atoms with E-state index in [1.807, 2.05) is 6.92 Å². The molecule has 112 valence electrons. The molecule has 0 bridgehead atoms. The summed E-state index contributed by atoms with van der Waals surface area (Å²) in [7, 11) is 1.56. The second-order valence-corrected chi connectivity index (χ2v) is 4.64. The van der Waals surface area contributed by atoms with E-state index in [4.69, 9.17) is 9.15 Å². The molecule has 1 N–H and O–H groups in total. The van der Waals surface area contributed by atoms with E-state index in [-0.39, 0.29) is 5.91 Å². The van der Waals surface area contributed by atoms with Crippen molar-refractivity contribution in [2.75, 3.05) is 12.4 Å². The van der Waals surface area contributed by atoms with E-state index < -0.39 is 0 Å². The zero-order valence-corrected chi connectivity index (χ0v) is 12.3. The molecule has 22 heavy (non-hydrogen) atoms. The van der Waals surface area contributed by atoms with Gasteiger partial charge in [0.05, 0.1) is 12.7 Å². The number of nitrogens with zero attached hydrogens (tertiary/aromatic N) is 2. The molecule has 0 aliphatic heterocycles. The summed E-state index contributed by atoms with van der Waals surface area (Å²) < 4.78 is 11.0. The van der Waals surface area contributed by atoms with Crippen molar-refractivity contribution in [3.05, 3.63) is 48.1 Å². The third-order valence-corrected chi connectivity index (χ3v) is 3.26. The van der Waals surface area contributed by atoms with Crippen molar-refractivity contribution in [2.24, 2.45) is 0 Å². The summed E-state index contributed by atoms with van der Waals surface area (Å²) in [4.78, 5) is 20.8. The second kappa shape index (κ2) is 5.85. The summed E-state index contributed by atoms with van der Waals surface area (Å²) in [6, 6.07) is 6.82. The molecule has 1 aromatic carbocycles. The summed E-state index contributed by atoms with van der Waals surface area (Å²) in [5.41, 5.74) is 2.07. The smallest absolute Gasteiger partial charge is 0.259 e. The molecule has 0 spiro atoms. The monoisotopic (exact) mass is 297 g/mol. The van der Waals surface area contributed by atoms with Gasteiger partial charge in [0.2, 0.25) is 0 Å². The number of fused-ring (bicyclic) bond motifs is 1. The van der Waals surface area contributed by atoms with Crippen molar-refractivity contribution in [1.82, 2.24) is 9.97 Å². The van der Waals surface area contributed by atoms with Crippen LogP contribution >= 0.6 is 0 Å². The van der Waals surface area contributed by atoms with Crippen molar-refractivity contribution in [2.45, 2.75) is 13.3 Å². The van der Waals surface area contributed by atoms with Crippen LogP contribution in [-0.2, 0) is 6.42 Å². The summed E-state index contributed by atoms with van der Waals surface area (Å²) >= 11 is 0. The maximum absolute atomic E-state index is 12.5. The van der Waals surface area contributed by atoms with Crippen LogP contribution in [0.1, 0.15) is 23.2 Å². The minimum atomic E-state index is -0.266. The molecule has 0 aliphatic carbocycles. The van der Waals surface area contributed by atoms with Gasteiger partial charge in [0.25, 0.3) is 5.91 Å². The minimum Gasteiger partial charge on any atom is -0.494 e. The number of benzene rings is 1. The molecule has 0 atom stereocenters. The van der Waals surface area contributed by atoms with E-state index in [9.17, 15) is 4.79 Å². The van der Waals surface area contributed by atoms with Gasteiger partial charge in [0.1, 0.15) is 5.75 Å². The van der Waals surface area contributed by atoms with Crippen LogP contribution in [0.4, 0.5) is 5.69 Å². The molecule has 6 nitrogen and oxygen atoms in total. The predicted octanol–water partition coefficient (Wildman–Crippen LogP) is 3.05. The number of hydrogen-bond acceptors (Lipinski definition) is 5. The highest BCUT2D eigenvalue weighted by Crippen LogP contribution is 2.29. The summed E-state index contributed by atoms with van der Waals surface area (Å²) in [6.07, 6.45) is 3.87. The Kier molecular flexibility index (Phi) is 3.74. The summed E-state index contributed by atoms with van der Waals surface area (Å²) in [5, 5.41) is 2.81. The number of methoxy groups -OCH3 is 1. The molecule has 0 radical (unpaired) electrons. The number of oxazole rings is 1. The van der Waals surface area contributed by atoms with Gasteiger partial charge in [-0.05, 0) is 24.3 Å². The highest BCUT2D eigenvalue weighted by atomic mass is 16.5. The lowest BCUT2D eigenvalue weighted by Gasteiger charge is -2.06. The van der Waals surface area contributed by atoms with E-state index in [1.165, 1.54) is 0 Å². The average Bonchev–Trinajstić information content (AvgIpc) is 2.99. The molecule has 1 amide bonds. The first kappa shape index (κ1) is 14.1. The topological polar surface area (TPSA) is 77.2 Å². The fourth-order valence-electron chi connectivity index (χ4n) is 2.16. The van der Waals surface area contributed by atoms with Gasteiger partial charge in [-0.25, -0.2) is 4.98 Å². The lowest BCUT2D eigenvalue weighted by atomic mass is 10.1. The highest BCUT2D eigenvalue weighted by Gasteiger charge is 2.18. The first-order valence-electron chi connectivity index (χ1n) is 6.90. The first-order chi connectivity index (χ1) is 10.7. The number of hydrogen-bond donors (Lipinski definition) is 1. The first-order valence-corrected chi connectivity index (χ1v) is 6.90. The molecule has 0 saturated heterocycles. The van der Waals surface area contributed by atoms with Crippen molar-refractivity contribution in [3.63, 3.8) is 0 Å². The van der Waals surface area contributed by atoms with Crippen LogP contribution in [0.2, 0.25) is 0 Å². The fourth-order valence-corrected chi connectivity index (χ4v) is 2.16. The third-order valence-electron chi connectivity index (χ3n) is 3.26. The van der Waals surface area contributed by atoms with Gasteiger partial charge < -0.3 is 14.5 Å². The van der Waals surface area contributed by atoms with Crippen molar-refractivity contribution < 1.29 is 13.9 Å². The third kappa shape index (κ3) is 2.50. The van der Waals surface area contributed by atoms with Crippen molar-refractivity contribution >= 4 is 22.7 Å². The number of amides is 1. The molecular weight excluding hydrogens is 282 g/mol. The van der Waals surface area contributed by atoms with E-state index in [1.54, 1.807) is 43.8 Å². The standard InChI is InChI=1S/C16H15N3O3/c1-3-13-19-14-12(21-2)5-4-11(15(14)22-13)16(20)18-10-6-8-17-9-7-10/h4-9H,3H2,1-2H3,(H,17,18,20). The number of rotatable bonds is 4. The normalized spacial score (nSPS) is 10.6. The lowest BCUT2D eigenvalue weighted by molar-refractivity contribution is 0.102. The number of aryl methyl sites for hydroxylation is 1. The van der Waals surface area contributed by atoms with Gasteiger partial charge in [-0.2, -0.15) is 0 Å². The van der Waals surface area contributed by atoms with Crippen LogP contribution in [-0.4, -0.2) is 23.0 Å². The average molecular weight is 297 g/mol.